The van der Waals surface area contributed by atoms with Crippen LogP contribution < -0.4 is 0 Å². The Morgan fingerprint density at radius 2 is 1.76 bits per heavy atom. The maximum absolute atomic E-state index is 13.5. The zero-order valence-electron chi connectivity index (χ0n) is 22.3. The smallest absolute Gasteiger partial charge is 0.265 e. The maximum atomic E-state index is 13.5. The minimum atomic E-state index is -4.27. The fraction of sp³-hybridized carbons (Fsp3) is 0.679. The van der Waals surface area contributed by atoms with Crippen LogP contribution >= 0.6 is 12.0 Å². The van der Waals surface area contributed by atoms with Gasteiger partial charge in [-0.2, -0.15) is 8.42 Å². The van der Waals surface area contributed by atoms with Crippen molar-refractivity contribution >= 4 is 34.0 Å². The zero-order chi connectivity index (χ0) is 27.7. The Hall–Kier alpha value is -1.27. The summed E-state index contributed by atoms with van der Waals surface area (Å²) in [7, 11) is -4.27. The topological polar surface area (TPSA) is 130 Å². The molecule has 6 atom stereocenters. The Kier molecular flexibility index (Phi) is 6.99. The summed E-state index contributed by atoms with van der Waals surface area (Å²) in [5.74, 6) is 0.0270. The van der Waals surface area contributed by atoms with Gasteiger partial charge in [0.25, 0.3) is 10.1 Å². The van der Waals surface area contributed by atoms with Crippen LogP contribution in [0.25, 0.3) is 6.08 Å². The Labute approximate surface area is 229 Å². The van der Waals surface area contributed by atoms with E-state index in [9.17, 15) is 22.9 Å². The quantitative estimate of drug-likeness (QED) is 0.124. The van der Waals surface area contributed by atoms with E-state index in [0.717, 1.165) is 48.0 Å². The minimum absolute atomic E-state index is 0.0337. The lowest BCUT2D eigenvalue weighted by molar-refractivity contribution is -0.432. The predicted octanol–water partition coefficient (Wildman–Crippen LogP) is 4.99. The average Bonchev–Trinajstić information content (AvgIpc) is 3.34. The highest BCUT2D eigenvalue weighted by Gasteiger charge is 2.69. The standard InChI is InChI=1S/C28H38O8S2/c1-25(2)21-9-11-27(25,15-37-36-35-31)23(29)19(21)13-17-5-7-18(8-6-17)14-20-22-10-12-28(24(20)30,26(22,3)4)16-38(32,33)34/h5-8,13,20-23,29,31H,9-12,14-16H2,1-4H3,(H,32,33,34)/b19-13+. The van der Waals surface area contributed by atoms with Crippen LogP contribution in [0.3, 0.4) is 0 Å². The summed E-state index contributed by atoms with van der Waals surface area (Å²) < 4.78 is 37.9. The Morgan fingerprint density at radius 3 is 2.39 bits per heavy atom. The van der Waals surface area contributed by atoms with Crippen LogP contribution in [-0.2, 0) is 30.7 Å². The Bertz CT molecular complexity index is 1240. The van der Waals surface area contributed by atoms with E-state index in [2.05, 4.69) is 29.3 Å². The molecule has 210 valence electrons. The van der Waals surface area contributed by atoms with Crippen LogP contribution in [0.2, 0.25) is 0 Å². The van der Waals surface area contributed by atoms with Crippen molar-refractivity contribution in [3.05, 3.63) is 41.0 Å². The van der Waals surface area contributed by atoms with Crippen molar-refractivity contribution in [2.45, 2.75) is 65.9 Å². The third-order valence-corrected chi connectivity index (χ3v) is 12.9. The lowest BCUT2D eigenvalue weighted by Gasteiger charge is -2.39. The largest absolute Gasteiger partial charge is 0.388 e. The van der Waals surface area contributed by atoms with Crippen molar-refractivity contribution in [2.24, 2.45) is 39.4 Å². The summed E-state index contributed by atoms with van der Waals surface area (Å²) in [6.07, 6.45) is 5.12. The van der Waals surface area contributed by atoms with Gasteiger partial charge in [0.15, 0.2) is 0 Å². The number of ketones is 1. The van der Waals surface area contributed by atoms with E-state index in [1.165, 1.54) is 0 Å². The van der Waals surface area contributed by atoms with Gasteiger partial charge in [-0.1, -0.05) is 63.1 Å². The summed E-state index contributed by atoms with van der Waals surface area (Å²) in [5.41, 5.74) is 0.980. The minimum Gasteiger partial charge on any atom is -0.388 e. The van der Waals surface area contributed by atoms with Crippen LogP contribution in [0.4, 0.5) is 0 Å². The van der Waals surface area contributed by atoms with Gasteiger partial charge < -0.3 is 5.11 Å². The molecular formula is C28H38O8S2. The van der Waals surface area contributed by atoms with E-state index in [1.807, 2.05) is 38.1 Å². The van der Waals surface area contributed by atoms with Crippen LogP contribution in [0.1, 0.15) is 64.5 Å². The third kappa shape index (κ3) is 4.05. The van der Waals surface area contributed by atoms with Gasteiger partial charge in [-0.25, -0.2) is 5.26 Å². The highest BCUT2D eigenvalue weighted by molar-refractivity contribution is 7.94. The first-order valence-electron chi connectivity index (χ1n) is 13.3. The normalized spacial score (nSPS) is 38.0. The maximum Gasteiger partial charge on any atom is 0.265 e. The molecule has 5 rings (SSSR count). The highest BCUT2D eigenvalue weighted by atomic mass is 32.2. The van der Waals surface area contributed by atoms with E-state index >= 15 is 0 Å². The van der Waals surface area contributed by atoms with Crippen molar-refractivity contribution in [1.29, 1.82) is 0 Å². The third-order valence-electron chi connectivity index (χ3n) is 11.2. The summed E-state index contributed by atoms with van der Waals surface area (Å²) in [6, 6.07) is 8.04. The first-order chi connectivity index (χ1) is 17.7. The molecule has 0 amide bonds. The van der Waals surface area contributed by atoms with Crippen LogP contribution in [0, 0.1) is 39.4 Å². The number of fused-ring (bicyclic) bond motifs is 4. The Morgan fingerprint density at radius 1 is 1.08 bits per heavy atom. The molecule has 0 heterocycles. The van der Waals surface area contributed by atoms with Crippen molar-refractivity contribution in [1.82, 2.24) is 0 Å². The molecule has 4 saturated carbocycles. The number of rotatable bonds is 9. The molecule has 3 N–H and O–H groups in total. The summed E-state index contributed by atoms with van der Waals surface area (Å²) in [4.78, 5) is 13.5. The molecule has 38 heavy (non-hydrogen) atoms. The summed E-state index contributed by atoms with van der Waals surface area (Å²) >= 11 is 1.01. The fourth-order valence-corrected chi connectivity index (χ4v) is 11.1. The number of carbonyl (C=O) groups excluding carboxylic acids is 1. The first kappa shape index (κ1) is 28.3. The number of benzene rings is 1. The second kappa shape index (κ2) is 9.39. The molecule has 10 heteroatoms. The van der Waals surface area contributed by atoms with E-state index in [0.29, 0.717) is 18.6 Å². The molecule has 1 aromatic rings. The first-order valence-corrected chi connectivity index (χ1v) is 15.8. The molecular weight excluding hydrogens is 528 g/mol. The van der Waals surface area contributed by atoms with Crippen LogP contribution in [-0.4, -0.2) is 46.7 Å². The summed E-state index contributed by atoms with van der Waals surface area (Å²) in [5, 5.41) is 23.7. The van der Waals surface area contributed by atoms with E-state index < -0.39 is 32.8 Å². The Balaban J connectivity index is 1.34. The van der Waals surface area contributed by atoms with Crippen molar-refractivity contribution in [3.63, 3.8) is 0 Å². The second-order valence-corrected chi connectivity index (χ2v) is 15.1. The number of carbonyl (C=O) groups is 1. The van der Waals surface area contributed by atoms with E-state index in [1.54, 1.807) is 0 Å². The van der Waals surface area contributed by atoms with Gasteiger partial charge in [0.2, 0.25) is 0 Å². The van der Waals surface area contributed by atoms with Crippen molar-refractivity contribution < 1.29 is 37.5 Å². The van der Waals surface area contributed by atoms with Gasteiger partial charge in [0, 0.05) is 29.1 Å². The molecule has 1 aromatic carbocycles. The number of Topliss-reactive ketones (excluding diaryl/α,β-unsaturated/α-hetero) is 1. The van der Waals surface area contributed by atoms with Crippen LogP contribution in [0.5, 0.6) is 0 Å². The SMILES string of the molecule is CC1(C)C2CCC1(CS(=O)(=O)O)C(=O)C2Cc1ccc(/C=C2\C3CCC(CSOOO)(C2O)C3(C)C)cc1. The van der Waals surface area contributed by atoms with Gasteiger partial charge in [-0.05, 0) is 71.5 Å². The lowest BCUT2D eigenvalue weighted by atomic mass is 9.70. The second-order valence-electron chi connectivity index (χ2n) is 13.0. The monoisotopic (exact) mass is 566 g/mol. The van der Waals surface area contributed by atoms with Gasteiger partial charge in [0.1, 0.15) is 5.78 Å². The molecule has 6 unspecified atom stereocenters. The molecule has 8 nitrogen and oxygen atoms in total. The summed E-state index contributed by atoms with van der Waals surface area (Å²) in [6.45, 7) is 8.31. The molecule has 0 saturated heterocycles. The molecule has 0 aromatic heterocycles. The number of aliphatic hydroxyl groups is 1. The van der Waals surface area contributed by atoms with Crippen molar-refractivity contribution in [2.75, 3.05) is 11.5 Å². The van der Waals surface area contributed by atoms with Gasteiger partial charge >= 0.3 is 0 Å². The molecule has 0 spiro atoms. The predicted molar refractivity (Wildman–Crippen MR) is 144 cm³/mol. The number of hydrogen-bond acceptors (Lipinski definition) is 8. The molecule has 4 bridgehead atoms. The molecule has 4 aliphatic rings. The number of aliphatic hydroxyl groups excluding tert-OH is 1. The van der Waals surface area contributed by atoms with E-state index in [-0.39, 0.29) is 34.4 Å². The zero-order valence-corrected chi connectivity index (χ0v) is 24.0. The molecule has 0 radical (unpaired) electrons. The molecule has 0 aliphatic heterocycles. The molecule has 4 fully saturated rings. The average molecular weight is 567 g/mol. The number of hydrogen-bond donors (Lipinski definition) is 3. The van der Waals surface area contributed by atoms with Gasteiger partial charge in [0.05, 0.1) is 17.3 Å². The fourth-order valence-electron chi connectivity index (χ4n) is 8.88. The van der Waals surface area contributed by atoms with Gasteiger partial charge in [-0.15, -0.1) is 4.33 Å². The van der Waals surface area contributed by atoms with Crippen molar-refractivity contribution in [3.8, 4) is 0 Å². The highest BCUT2D eigenvalue weighted by Crippen LogP contribution is 2.69. The van der Waals surface area contributed by atoms with Gasteiger partial charge in [-0.3, -0.25) is 9.35 Å². The lowest BCUT2D eigenvalue weighted by Crippen LogP contribution is -2.43. The molecule has 4 aliphatic carbocycles. The van der Waals surface area contributed by atoms with Crippen LogP contribution in [0.15, 0.2) is 29.8 Å². The van der Waals surface area contributed by atoms with E-state index in [4.69, 9.17) is 5.26 Å².